The van der Waals surface area contributed by atoms with Gasteiger partial charge in [0.05, 0.1) is 31.8 Å². The number of carbonyl (C=O) groups is 2. The third-order valence-electron chi connectivity index (χ3n) is 5.23. The van der Waals surface area contributed by atoms with E-state index in [1.54, 1.807) is 30.3 Å². The Labute approximate surface area is 234 Å². The lowest BCUT2D eigenvalue weighted by Crippen LogP contribution is -2.16. The Kier molecular flexibility index (Phi) is 8.53. The molecule has 0 aliphatic carbocycles. The molecule has 0 fully saturated rings. The molecule has 0 unspecified atom stereocenters. The predicted octanol–water partition coefficient (Wildman–Crippen LogP) is 5.85. The molecule has 12 heteroatoms. The van der Waals surface area contributed by atoms with Crippen LogP contribution < -0.4 is 14.9 Å². The van der Waals surface area contributed by atoms with Crippen LogP contribution in [0.2, 0.25) is 0 Å². The van der Waals surface area contributed by atoms with Crippen LogP contribution in [0.25, 0.3) is 10.1 Å². The summed E-state index contributed by atoms with van der Waals surface area (Å²) < 4.78 is 13.2. The molecule has 0 spiro atoms. The number of ether oxygens (including phenoxy) is 2. The maximum atomic E-state index is 12.6. The summed E-state index contributed by atoms with van der Waals surface area (Å²) in [5, 5.41) is 24.7. The Morgan fingerprint density at radius 2 is 1.89 bits per heavy atom. The van der Waals surface area contributed by atoms with Crippen LogP contribution in [0.3, 0.4) is 0 Å². The number of aromatic carboxylic acids is 1. The van der Waals surface area contributed by atoms with E-state index in [-0.39, 0.29) is 17.9 Å². The topological polar surface area (TPSA) is 140 Å². The highest BCUT2D eigenvalue weighted by atomic mass is 127. The second kappa shape index (κ2) is 12.0. The number of rotatable bonds is 10. The molecule has 3 aromatic carbocycles. The summed E-state index contributed by atoms with van der Waals surface area (Å²) in [6, 6.07) is 16.0. The molecule has 1 aromatic heterocycles. The highest BCUT2D eigenvalue weighted by Crippen LogP contribution is 2.34. The van der Waals surface area contributed by atoms with Crippen LogP contribution in [0, 0.1) is 13.7 Å². The molecule has 38 heavy (non-hydrogen) atoms. The van der Waals surface area contributed by atoms with Crippen LogP contribution in [0.4, 0.5) is 5.69 Å². The Morgan fingerprint density at radius 3 is 2.58 bits per heavy atom. The van der Waals surface area contributed by atoms with Gasteiger partial charge in [0.1, 0.15) is 6.61 Å². The summed E-state index contributed by atoms with van der Waals surface area (Å²) in [5.41, 5.74) is 4.12. The van der Waals surface area contributed by atoms with Gasteiger partial charge in [-0.2, -0.15) is 5.10 Å². The number of carboxylic acids is 1. The smallest absolute Gasteiger partial charge is 0.335 e. The number of fused-ring (bicyclic) bond motifs is 1. The van der Waals surface area contributed by atoms with Crippen LogP contribution >= 0.6 is 33.9 Å². The zero-order chi connectivity index (χ0) is 27.2. The maximum absolute atomic E-state index is 12.6. The standard InChI is InChI=1S/C26H20IN3O7S/c1-2-36-21-10-16(9-20(27)24(21)37-14-15-3-5-17(6-4-15)26(32)33)13-28-29-25(31)23-12-18-11-19(30(34)35)7-8-22(18)38-23/h3-13H,2,14H2,1H3,(H,29,31)(H,32,33)/b28-13-. The first kappa shape index (κ1) is 27.0. The number of thiophene rings is 1. The van der Waals surface area contributed by atoms with Gasteiger partial charge < -0.3 is 14.6 Å². The van der Waals surface area contributed by atoms with Gasteiger partial charge in [-0.15, -0.1) is 11.3 Å². The lowest BCUT2D eigenvalue weighted by molar-refractivity contribution is -0.384. The third-order valence-corrected chi connectivity index (χ3v) is 7.15. The molecular weight excluding hydrogens is 625 g/mol. The minimum atomic E-state index is -0.991. The molecule has 2 N–H and O–H groups in total. The monoisotopic (exact) mass is 645 g/mol. The summed E-state index contributed by atoms with van der Waals surface area (Å²) in [4.78, 5) is 34.5. The second-order valence-corrected chi connectivity index (χ2v) is 10.1. The zero-order valence-corrected chi connectivity index (χ0v) is 22.8. The lowest BCUT2D eigenvalue weighted by atomic mass is 10.1. The van der Waals surface area contributed by atoms with Gasteiger partial charge in [-0.1, -0.05) is 12.1 Å². The number of hydrogen-bond acceptors (Lipinski definition) is 8. The van der Waals surface area contributed by atoms with Gasteiger partial charge in [0.25, 0.3) is 11.6 Å². The molecule has 0 atom stereocenters. The normalized spacial score (nSPS) is 11.0. The number of nitrogens with zero attached hydrogens (tertiary/aromatic N) is 2. The van der Waals surface area contributed by atoms with E-state index in [9.17, 15) is 19.7 Å². The summed E-state index contributed by atoms with van der Waals surface area (Å²) in [7, 11) is 0. The number of halogens is 1. The van der Waals surface area contributed by atoms with Crippen molar-refractivity contribution in [1.82, 2.24) is 5.43 Å². The first-order chi connectivity index (χ1) is 18.2. The summed E-state index contributed by atoms with van der Waals surface area (Å²) >= 11 is 3.34. The number of nitrogens with one attached hydrogen (secondary N) is 1. The lowest BCUT2D eigenvalue weighted by Gasteiger charge is -2.15. The van der Waals surface area contributed by atoms with E-state index in [1.807, 2.05) is 13.0 Å². The van der Waals surface area contributed by atoms with Crippen molar-refractivity contribution < 1.29 is 29.1 Å². The molecule has 1 heterocycles. The van der Waals surface area contributed by atoms with Gasteiger partial charge >= 0.3 is 5.97 Å². The van der Waals surface area contributed by atoms with Crippen molar-refractivity contribution in [3.63, 3.8) is 0 Å². The number of hydrogen-bond donors (Lipinski definition) is 2. The number of nitro groups is 1. The van der Waals surface area contributed by atoms with Crippen molar-refractivity contribution in [2.75, 3.05) is 6.61 Å². The van der Waals surface area contributed by atoms with Crippen LogP contribution in [0.1, 0.15) is 38.1 Å². The van der Waals surface area contributed by atoms with Crippen molar-refractivity contribution in [2.45, 2.75) is 13.5 Å². The number of hydrazone groups is 1. The first-order valence-corrected chi connectivity index (χ1v) is 13.1. The number of carboxylic acid groups (broad SMARTS) is 1. The van der Waals surface area contributed by atoms with Crippen LogP contribution in [-0.2, 0) is 6.61 Å². The van der Waals surface area contributed by atoms with E-state index in [2.05, 4.69) is 33.1 Å². The van der Waals surface area contributed by atoms with Crippen LogP contribution in [0.5, 0.6) is 11.5 Å². The quantitative estimate of drug-likeness (QED) is 0.0954. The van der Waals surface area contributed by atoms with E-state index in [1.165, 1.54) is 41.8 Å². The molecule has 0 saturated heterocycles. The van der Waals surface area contributed by atoms with Gasteiger partial charge in [-0.05, 0) is 77.0 Å². The molecule has 0 aliphatic rings. The summed E-state index contributed by atoms with van der Waals surface area (Å²) in [5.74, 6) is -0.386. The van der Waals surface area contributed by atoms with Gasteiger partial charge in [0, 0.05) is 22.2 Å². The fourth-order valence-electron chi connectivity index (χ4n) is 3.44. The Morgan fingerprint density at radius 1 is 1.13 bits per heavy atom. The summed E-state index contributed by atoms with van der Waals surface area (Å²) in [6.07, 6.45) is 1.48. The Hall–Kier alpha value is -4.04. The van der Waals surface area contributed by atoms with E-state index < -0.39 is 16.8 Å². The average Bonchev–Trinajstić information content (AvgIpc) is 3.32. The van der Waals surface area contributed by atoms with Crippen LogP contribution in [-0.4, -0.2) is 34.7 Å². The highest BCUT2D eigenvalue weighted by Gasteiger charge is 2.14. The first-order valence-electron chi connectivity index (χ1n) is 11.2. The second-order valence-electron chi connectivity index (χ2n) is 7.84. The Bertz CT molecular complexity index is 1550. The molecule has 0 saturated carbocycles. The van der Waals surface area contributed by atoms with Gasteiger partial charge in [-0.25, -0.2) is 10.2 Å². The SMILES string of the molecule is CCOc1cc(/C=N\NC(=O)c2cc3cc([N+](=O)[O-])ccc3s2)cc(I)c1OCc1ccc(C(=O)O)cc1. The third kappa shape index (κ3) is 6.44. The van der Waals surface area contributed by atoms with Crippen molar-refractivity contribution in [2.24, 2.45) is 5.10 Å². The van der Waals surface area contributed by atoms with Gasteiger partial charge in [-0.3, -0.25) is 14.9 Å². The number of amides is 1. The highest BCUT2D eigenvalue weighted by molar-refractivity contribution is 14.1. The molecule has 4 aromatic rings. The molecular formula is C26H20IN3O7S. The number of non-ortho nitro benzene ring substituents is 1. The number of carbonyl (C=O) groups excluding carboxylic acids is 1. The van der Waals surface area contributed by atoms with E-state index in [0.717, 1.165) is 13.8 Å². The molecule has 0 bridgehead atoms. The molecule has 0 aliphatic heterocycles. The zero-order valence-electron chi connectivity index (χ0n) is 19.8. The number of benzene rings is 3. The minimum Gasteiger partial charge on any atom is -0.490 e. The molecule has 0 radical (unpaired) electrons. The average molecular weight is 645 g/mol. The van der Waals surface area contributed by atoms with Crippen molar-refractivity contribution in [1.29, 1.82) is 0 Å². The molecule has 1 amide bonds. The van der Waals surface area contributed by atoms with E-state index >= 15 is 0 Å². The van der Waals surface area contributed by atoms with Crippen molar-refractivity contribution >= 4 is 67.8 Å². The molecule has 194 valence electrons. The van der Waals surface area contributed by atoms with Crippen molar-refractivity contribution in [3.8, 4) is 11.5 Å². The van der Waals surface area contributed by atoms with E-state index in [4.69, 9.17) is 14.6 Å². The molecule has 10 nitrogen and oxygen atoms in total. The Balaban J connectivity index is 1.45. The van der Waals surface area contributed by atoms with Crippen LogP contribution in [0.15, 0.2) is 65.8 Å². The van der Waals surface area contributed by atoms with Crippen molar-refractivity contribution in [3.05, 3.63) is 95.9 Å². The number of nitro benzene ring substituents is 1. The largest absolute Gasteiger partial charge is 0.490 e. The predicted molar refractivity (Wildman–Crippen MR) is 152 cm³/mol. The fourth-order valence-corrected chi connectivity index (χ4v) is 5.16. The maximum Gasteiger partial charge on any atom is 0.335 e. The summed E-state index contributed by atoms with van der Waals surface area (Å²) in [6.45, 7) is 2.47. The van der Waals surface area contributed by atoms with Gasteiger partial charge in [0.15, 0.2) is 11.5 Å². The fraction of sp³-hybridized carbons (Fsp3) is 0.115. The van der Waals surface area contributed by atoms with E-state index in [0.29, 0.717) is 33.9 Å². The minimum absolute atomic E-state index is 0.0384. The van der Waals surface area contributed by atoms with Gasteiger partial charge in [0.2, 0.25) is 0 Å². The molecule has 4 rings (SSSR count).